The van der Waals surface area contributed by atoms with Gasteiger partial charge >= 0.3 is 0 Å². The van der Waals surface area contributed by atoms with E-state index in [4.69, 9.17) is 0 Å². The highest BCUT2D eigenvalue weighted by Crippen LogP contribution is 2.11. The fraction of sp³-hybridized carbons (Fsp3) is 0.600. The Morgan fingerprint density at radius 2 is 2.25 bits per heavy atom. The summed E-state index contributed by atoms with van der Waals surface area (Å²) in [4.78, 5) is 0. The van der Waals surface area contributed by atoms with Crippen molar-refractivity contribution in [3.05, 3.63) is 12.2 Å². The molecule has 0 spiro atoms. The van der Waals surface area contributed by atoms with Crippen LogP contribution in [0.4, 0.5) is 13.2 Å². The third kappa shape index (κ3) is 2.00. The summed E-state index contributed by atoms with van der Waals surface area (Å²) in [6.45, 7) is 0.414. The SMILES string of the molecule is CC(CF)/C(F)=C/F. The van der Waals surface area contributed by atoms with E-state index in [2.05, 4.69) is 0 Å². The Hall–Kier alpha value is -0.470. The summed E-state index contributed by atoms with van der Waals surface area (Å²) >= 11 is 0. The highest BCUT2D eigenvalue weighted by atomic mass is 19.2. The lowest BCUT2D eigenvalue weighted by Crippen LogP contribution is -1.95. The Morgan fingerprint density at radius 1 is 1.75 bits per heavy atom. The smallest absolute Gasteiger partial charge is 0.133 e. The van der Waals surface area contributed by atoms with Crippen molar-refractivity contribution in [1.29, 1.82) is 0 Å². The Bertz CT molecular complexity index is 87.7. The van der Waals surface area contributed by atoms with Crippen LogP contribution in [0, 0.1) is 5.92 Å². The van der Waals surface area contributed by atoms with Crippen molar-refractivity contribution in [1.82, 2.24) is 0 Å². The second kappa shape index (κ2) is 3.52. The molecule has 0 aliphatic carbocycles. The van der Waals surface area contributed by atoms with Gasteiger partial charge in [0.15, 0.2) is 0 Å². The minimum Gasteiger partial charge on any atom is -0.250 e. The molecule has 1 unspecified atom stereocenters. The largest absolute Gasteiger partial charge is 0.250 e. The summed E-state index contributed by atoms with van der Waals surface area (Å²) in [5.74, 6) is -1.97. The lowest BCUT2D eigenvalue weighted by Gasteiger charge is -1.97. The first-order chi connectivity index (χ1) is 3.72. The van der Waals surface area contributed by atoms with Gasteiger partial charge in [-0.3, -0.25) is 4.39 Å². The molecule has 0 saturated carbocycles. The maximum Gasteiger partial charge on any atom is 0.133 e. The standard InChI is InChI=1S/C5H7F3/c1-4(2-6)5(8)3-7/h3-4H,2H2,1H3/b5-3-. The first kappa shape index (κ1) is 7.53. The van der Waals surface area contributed by atoms with E-state index < -0.39 is 18.4 Å². The average molecular weight is 124 g/mol. The monoisotopic (exact) mass is 124 g/mol. The molecule has 0 fully saturated rings. The van der Waals surface area contributed by atoms with Gasteiger partial charge in [0.25, 0.3) is 0 Å². The molecule has 0 N–H and O–H groups in total. The molecule has 0 aromatic rings. The number of allylic oxidation sites excluding steroid dienone is 1. The lowest BCUT2D eigenvalue weighted by atomic mass is 10.2. The maximum atomic E-state index is 11.8. The van der Waals surface area contributed by atoms with Gasteiger partial charge in [0.05, 0.1) is 6.67 Å². The second-order valence-corrected chi connectivity index (χ2v) is 1.55. The van der Waals surface area contributed by atoms with Crippen molar-refractivity contribution >= 4 is 0 Å². The number of hydrogen-bond acceptors (Lipinski definition) is 0. The van der Waals surface area contributed by atoms with E-state index in [1.54, 1.807) is 0 Å². The Kier molecular flexibility index (Phi) is 3.31. The van der Waals surface area contributed by atoms with Crippen molar-refractivity contribution < 1.29 is 13.2 Å². The molecule has 3 heteroatoms. The molecule has 48 valence electrons. The van der Waals surface area contributed by atoms with Crippen LogP contribution < -0.4 is 0 Å². The van der Waals surface area contributed by atoms with Crippen molar-refractivity contribution in [2.45, 2.75) is 6.92 Å². The minimum atomic E-state index is -1.03. The number of halogens is 3. The molecule has 0 radical (unpaired) electrons. The summed E-state index contributed by atoms with van der Waals surface area (Å²) in [5, 5.41) is 0. The third-order valence-electron chi connectivity index (χ3n) is 0.806. The van der Waals surface area contributed by atoms with Crippen LogP contribution in [-0.4, -0.2) is 6.67 Å². The van der Waals surface area contributed by atoms with Gasteiger partial charge in [-0.05, 0) is 0 Å². The molecule has 0 nitrogen and oxygen atoms in total. The van der Waals surface area contributed by atoms with Crippen LogP contribution in [0.2, 0.25) is 0 Å². The van der Waals surface area contributed by atoms with E-state index in [0.717, 1.165) is 0 Å². The number of rotatable bonds is 2. The van der Waals surface area contributed by atoms with E-state index in [9.17, 15) is 13.2 Å². The fourth-order valence-electron chi connectivity index (χ4n) is 0.181. The predicted octanol–water partition coefficient (Wildman–Crippen LogP) is 2.37. The van der Waals surface area contributed by atoms with Crippen LogP contribution in [0.25, 0.3) is 0 Å². The summed E-state index contributed by atoms with van der Waals surface area (Å²) in [5.41, 5.74) is 0. The quantitative estimate of drug-likeness (QED) is 0.530. The van der Waals surface area contributed by atoms with Crippen LogP contribution >= 0.6 is 0 Å². The van der Waals surface area contributed by atoms with Crippen molar-refractivity contribution in [3.63, 3.8) is 0 Å². The number of alkyl halides is 1. The molecule has 0 heterocycles. The molecule has 0 rings (SSSR count). The molecule has 0 bridgehead atoms. The van der Waals surface area contributed by atoms with Crippen LogP contribution in [0.5, 0.6) is 0 Å². The Morgan fingerprint density at radius 3 is 2.38 bits per heavy atom. The second-order valence-electron chi connectivity index (χ2n) is 1.55. The van der Waals surface area contributed by atoms with Crippen molar-refractivity contribution in [2.75, 3.05) is 6.67 Å². The first-order valence-corrected chi connectivity index (χ1v) is 2.24. The van der Waals surface area contributed by atoms with Gasteiger partial charge in [-0.25, -0.2) is 8.78 Å². The first-order valence-electron chi connectivity index (χ1n) is 2.24. The maximum absolute atomic E-state index is 11.8. The van der Waals surface area contributed by atoms with Crippen molar-refractivity contribution in [2.24, 2.45) is 5.92 Å². The summed E-state index contributed by atoms with van der Waals surface area (Å²) < 4.78 is 34.3. The van der Waals surface area contributed by atoms with Gasteiger partial charge in [0, 0.05) is 5.92 Å². The van der Waals surface area contributed by atoms with Gasteiger partial charge in [-0.2, -0.15) is 0 Å². The highest BCUT2D eigenvalue weighted by Gasteiger charge is 2.05. The molecule has 0 saturated heterocycles. The molecule has 0 aliphatic heterocycles. The van der Waals surface area contributed by atoms with Crippen LogP contribution in [-0.2, 0) is 0 Å². The Labute approximate surface area is 46.0 Å². The summed E-state index contributed by atoms with van der Waals surface area (Å²) in [6, 6.07) is 0. The zero-order valence-corrected chi connectivity index (χ0v) is 4.50. The molecule has 0 aromatic carbocycles. The van der Waals surface area contributed by atoms with Gasteiger partial charge in [0.2, 0.25) is 0 Å². The average Bonchev–Trinajstić information content (AvgIpc) is 1.84. The van der Waals surface area contributed by atoms with E-state index in [-0.39, 0.29) is 6.33 Å². The predicted molar refractivity (Wildman–Crippen MR) is 25.4 cm³/mol. The zero-order valence-electron chi connectivity index (χ0n) is 4.50. The van der Waals surface area contributed by atoms with Gasteiger partial charge in [-0.15, -0.1) is 0 Å². The van der Waals surface area contributed by atoms with Gasteiger partial charge < -0.3 is 0 Å². The lowest BCUT2D eigenvalue weighted by molar-refractivity contribution is 0.363. The van der Waals surface area contributed by atoms with Crippen LogP contribution in [0.1, 0.15) is 6.92 Å². The molecule has 0 amide bonds. The van der Waals surface area contributed by atoms with E-state index in [1.165, 1.54) is 6.92 Å². The number of hydrogen-bond donors (Lipinski definition) is 0. The van der Waals surface area contributed by atoms with E-state index in [1.807, 2.05) is 0 Å². The normalized spacial score (nSPS) is 16.2. The van der Waals surface area contributed by atoms with E-state index >= 15 is 0 Å². The summed E-state index contributed by atoms with van der Waals surface area (Å²) in [6.07, 6.45) is -0.218. The minimum absolute atomic E-state index is 0.218. The van der Waals surface area contributed by atoms with Gasteiger partial charge in [-0.1, -0.05) is 6.92 Å². The topological polar surface area (TPSA) is 0 Å². The molecular formula is C5H7F3. The Balaban J connectivity index is 3.63. The highest BCUT2D eigenvalue weighted by molar-refractivity contribution is 4.89. The van der Waals surface area contributed by atoms with E-state index in [0.29, 0.717) is 0 Å². The fourth-order valence-corrected chi connectivity index (χ4v) is 0.181. The molecular weight excluding hydrogens is 117 g/mol. The zero-order chi connectivity index (χ0) is 6.57. The van der Waals surface area contributed by atoms with Crippen LogP contribution in [0.3, 0.4) is 0 Å². The van der Waals surface area contributed by atoms with Crippen LogP contribution in [0.15, 0.2) is 12.2 Å². The molecule has 8 heavy (non-hydrogen) atoms. The third-order valence-corrected chi connectivity index (χ3v) is 0.806. The molecule has 1 atom stereocenters. The summed E-state index contributed by atoms with van der Waals surface area (Å²) in [7, 11) is 0. The van der Waals surface area contributed by atoms with Crippen molar-refractivity contribution in [3.8, 4) is 0 Å². The van der Waals surface area contributed by atoms with Gasteiger partial charge in [0.1, 0.15) is 12.2 Å². The molecule has 0 aliphatic rings. The molecule has 0 aromatic heterocycles.